The fourth-order valence-electron chi connectivity index (χ4n) is 2.78. The fraction of sp³-hybridized carbons (Fsp3) is 0. The molecule has 16 heteroatoms. The number of phenols is 7. The zero-order valence-electron chi connectivity index (χ0n) is 16.8. The Hall–Kier alpha value is -4.47. The lowest BCUT2D eigenvalue weighted by Crippen LogP contribution is -2.14. The summed E-state index contributed by atoms with van der Waals surface area (Å²) < 4.78 is 67.7. The number of aromatic hydroxyl groups is 7. The SMILES string of the molecule is O=C(Nc1cc(S(F)(F)(F)(F)F)cc(Nc2cc(O)c(O)c(O)c2)c1O)c1cc(O)c(O)c(O)c1. The van der Waals surface area contributed by atoms with Crippen LogP contribution >= 0.6 is 10.2 Å². The highest BCUT2D eigenvalue weighted by Crippen LogP contribution is 3.02. The number of hydrogen-bond donors (Lipinski definition) is 9. The lowest BCUT2D eigenvalue weighted by molar-refractivity contribution is 0.102. The maximum absolute atomic E-state index is 13.5. The normalized spacial score (nSPS) is 13.5. The van der Waals surface area contributed by atoms with E-state index < -0.39 is 83.9 Å². The van der Waals surface area contributed by atoms with Crippen LogP contribution in [0.4, 0.5) is 36.5 Å². The minimum atomic E-state index is -10.4. The highest BCUT2D eigenvalue weighted by Gasteiger charge is 2.65. The van der Waals surface area contributed by atoms with Crippen LogP contribution in [0.25, 0.3) is 0 Å². The van der Waals surface area contributed by atoms with Gasteiger partial charge >= 0.3 is 10.2 Å². The molecule has 0 saturated carbocycles. The molecule has 0 bridgehead atoms. The molecule has 190 valence electrons. The fourth-order valence-corrected chi connectivity index (χ4v) is 3.46. The van der Waals surface area contributed by atoms with Gasteiger partial charge in [-0.2, -0.15) is 0 Å². The van der Waals surface area contributed by atoms with Crippen molar-refractivity contribution in [1.29, 1.82) is 0 Å². The van der Waals surface area contributed by atoms with Crippen LogP contribution in [-0.4, -0.2) is 41.7 Å². The summed E-state index contributed by atoms with van der Waals surface area (Å²) in [5.74, 6) is -8.48. The van der Waals surface area contributed by atoms with E-state index >= 15 is 0 Å². The Morgan fingerprint density at radius 3 is 1.51 bits per heavy atom. The number of amides is 1. The maximum Gasteiger partial charge on any atom is 0.310 e. The first-order chi connectivity index (χ1) is 15.8. The van der Waals surface area contributed by atoms with E-state index in [0.717, 1.165) is 0 Å². The largest absolute Gasteiger partial charge is 0.504 e. The lowest BCUT2D eigenvalue weighted by Gasteiger charge is -2.41. The smallest absolute Gasteiger partial charge is 0.310 e. The van der Waals surface area contributed by atoms with Gasteiger partial charge in [0.15, 0.2) is 40.2 Å². The minimum absolute atomic E-state index is 0.189. The standard InChI is InChI=1S/C19H15F5N2O8S/c20-35(21,22,23,24)9-5-10(25-8-3-14(29)18(33)15(30)4-8)16(31)11(6-9)26-19(34)7-1-12(27)17(32)13(28)2-7/h1-6,25,27-33H,(H,26,34). The lowest BCUT2D eigenvalue weighted by atomic mass is 10.1. The molecule has 35 heavy (non-hydrogen) atoms. The van der Waals surface area contributed by atoms with Crippen molar-refractivity contribution < 1.29 is 60.0 Å². The van der Waals surface area contributed by atoms with E-state index in [1.807, 2.05) is 5.32 Å². The van der Waals surface area contributed by atoms with Crippen molar-refractivity contribution in [3.05, 3.63) is 42.0 Å². The van der Waals surface area contributed by atoms with Crippen LogP contribution in [0.15, 0.2) is 41.3 Å². The maximum atomic E-state index is 13.5. The number of anilines is 3. The third kappa shape index (κ3) is 5.21. The second-order valence-corrected chi connectivity index (χ2v) is 9.55. The van der Waals surface area contributed by atoms with Crippen LogP contribution in [0.2, 0.25) is 0 Å². The number of benzene rings is 3. The van der Waals surface area contributed by atoms with E-state index in [0.29, 0.717) is 24.3 Å². The van der Waals surface area contributed by atoms with Crippen molar-refractivity contribution in [3.63, 3.8) is 0 Å². The Morgan fingerprint density at radius 1 is 0.629 bits per heavy atom. The van der Waals surface area contributed by atoms with E-state index in [4.69, 9.17) is 0 Å². The van der Waals surface area contributed by atoms with Gasteiger partial charge in [0.1, 0.15) is 4.90 Å². The highest BCUT2D eigenvalue weighted by molar-refractivity contribution is 8.45. The molecule has 3 aromatic carbocycles. The van der Waals surface area contributed by atoms with Gasteiger partial charge in [-0.25, -0.2) is 0 Å². The van der Waals surface area contributed by atoms with E-state index in [1.54, 1.807) is 5.32 Å². The Bertz CT molecular complexity index is 1340. The molecule has 1 amide bonds. The summed E-state index contributed by atoms with van der Waals surface area (Å²) in [6, 6.07) is 2.10. The van der Waals surface area contributed by atoms with E-state index in [9.17, 15) is 60.0 Å². The van der Waals surface area contributed by atoms with Crippen LogP contribution in [0.5, 0.6) is 40.2 Å². The molecule has 0 aromatic heterocycles. The first-order valence-electron chi connectivity index (χ1n) is 8.96. The minimum Gasteiger partial charge on any atom is -0.504 e. The predicted octanol–water partition coefficient (Wildman–Crippen LogP) is 5.28. The van der Waals surface area contributed by atoms with Crippen LogP contribution in [0.1, 0.15) is 10.4 Å². The quantitative estimate of drug-likeness (QED) is 0.121. The number of hydrogen-bond acceptors (Lipinski definition) is 9. The molecule has 0 aliphatic rings. The van der Waals surface area contributed by atoms with E-state index in [-0.39, 0.29) is 12.1 Å². The third-order valence-corrected chi connectivity index (χ3v) is 5.58. The molecule has 0 unspecified atom stereocenters. The third-order valence-electron chi connectivity index (χ3n) is 4.46. The Balaban J connectivity index is 2.13. The zero-order chi connectivity index (χ0) is 26.6. The average molecular weight is 526 g/mol. The van der Waals surface area contributed by atoms with Gasteiger partial charge in [-0.05, 0) is 24.3 Å². The van der Waals surface area contributed by atoms with Gasteiger partial charge in [-0.15, -0.1) is 0 Å². The van der Waals surface area contributed by atoms with Gasteiger partial charge < -0.3 is 46.4 Å². The van der Waals surface area contributed by atoms with Crippen LogP contribution in [-0.2, 0) is 0 Å². The van der Waals surface area contributed by atoms with Gasteiger partial charge in [0.2, 0.25) is 0 Å². The van der Waals surface area contributed by atoms with Gasteiger partial charge in [-0.3, -0.25) is 4.79 Å². The number of halogens is 5. The summed E-state index contributed by atoms with van der Waals surface area (Å²) in [5.41, 5.74) is -3.36. The summed E-state index contributed by atoms with van der Waals surface area (Å²) in [6.45, 7) is 0. The van der Waals surface area contributed by atoms with Gasteiger partial charge in [0, 0.05) is 23.4 Å². The molecule has 0 saturated heterocycles. The zero-order valence-corrected chi connectivity index (χ0v) is 17.6. The van der Waals surface area contributed by atoms with Crippen molar-refractivity contribution in [2.45, 2.75) is 4.90 Å². The monoisotopic (exact) mass is 526 g/mol. The first kappa shape index (κ1) is 25.2. The Labute approximate surface area is 191 Å². The number of nitrogens with one attached hydrogen (secondary N) is 2. The number of phenolic OH excluding ortho intramolecular Hbond substituents is 7. The van der Waals surface area contributed by atoms with Crippen molar-refractivity contribution in [2.24, 2.45) is 0 Å². The summed E-state index contributed by atoms with van der Waals surface area (Å²) in [6.07, 6.45) is 0. The Kier molecular flexibility index (Phi) is 5.22. The molecular weight excluding hydrogens is 511 g/mol. The van der Waals surface area contributed by atoms with Crippen molar-refractivity contribution in [2.75, 3.05) is 10.6 Å². The highest BCUT2D eigenvalue weighted by atomic mass is 32.5. The molecule has 0 atom stereocenters. The molecule has 9 N–H and O–H groups in total. The summed E-state index contributed by atoms with van der Waals surface area (Å²) in [4.78, 5) is 9.85. The molecule has 0 spiro atoms. The predicted molar refractivity (Wildman–Crippen MR) is 114 cm³/mol. The van der Waals surface area contributed by atoms with E-state index in [2.05, 4.69) is 0 Å². The summed E-state index contributed by atoms with van der Waals surface area (Å²) >= 11 is 0. The molecule has 0 aliphatic heterocycles. The van der Waals surface area contributed by atoms with Crippen LogP contribution < -0.4 is 10.6 Å². The van der Waals surface area contributed by atoms with Crippen molar-refractivity contribution in [3.8, 4) is 40.2 Å². The second kappa shape index (κ2) is 7.26. The van der Waals surface area contributed by atoms with Gasteiger partial charge in [-0.1, -0.05) is 19.4 Å². The summed E-state index contributed by atoms with van der Waals surface area (Å²) in [5, 5.41) is 70.9. The number of rotatable bonds is 5. The molecule has 0 aliphatic carbocycles. The molecule has 0 radical (unpaired) electrons. The van der Waals surface area contributed by atoms with E-state index in [1.165, 1.54) is 0 Å². The topological polar surface area (TPSA) is 183 Å². The Morgan fingerprint density at radius 2 is 1.06 bits per heavy atom. The molecule has 0 heterocycles. The molecule has 3 rings (SSSR count). The molecule has 10 nitrogen and oxygen atoms in total. The molecular formula is C19H15F5N2O8S. The summed E-state index contributed by atoms with van der Waals surface area (Å²) in [7, 11) is -10.4. The van der Waals surface area contributed by atoms with Crippen molar-refractivity contribution >= 4 is 33.2 Å². The van der Waals surface area contributed by atoms with Crippen molar-refractivity contribution in [1.82, 2.24) is 0 Å². The number of carbonyl (C=O) groups excluding carboxylic acids is 1. The average Bonchev–Trinajstić information content (AvgIpc) is 2.70. The van der Waals surface area contributed by atoms with Gasteiger partial charge in [0.05, 0.1) is 11.4 Å². The first-order valence-corrected chi connectivity index (χ1v) is 10.9. The van der Waals surface area contributed by atoms with Gasteiger partial charge in [0.25, 0.3) is 5.91 Å². The second-order valence-electron chi connectivity index (χ2n) is 7.14. The van der Waals surface area contributed by atoms with Crippen LogP contribution in [0.3, 0.4) is 0 Å². The van der Waals surface area contributed by atoms with Crippen LogP contribution in [0, 0.1) is 0 Å². The molecule has 0 fully saturated rings. The molecule has 3 aromatic rings. The number of carbonyl (C=O) groups is 1.